The topological polar surface area (TPSA) is 64.7 Å². The van der Waals surface area contributed by atoms with Crippen LogP contribution in [0.5, 0.6) is 0 Å². The van der Waals surface area contributed by atoms with E-state index >= 15 is 0 Å². The van der Waals surface area contributed by atoms with Gasteiger partial charge in [0, 0.05) is 23.9 Å². The van der Waals surface area contributed by atoms with Crippen molar-refractivity contribution in [2.75, 3.05) is 0 Å². The minimum Gasteiger partial charge on any atom is -0.339 e. The van der Waals surface area contributed by atoms with E-state index in [0.717, 1.165) is 21.8 Å². The molecular formula is C15H10N4O. The summed E-state index contributed by atoms with van der Waals surface area (Å²) in [6, 6.07) is 11.9. The third-order valence-corrected chi connectivity index (χ3v) is 3.19. The lowest BCUT2D eigenvalue weighted by atomic mass is 10.1. The van der Waals surface area contributed by atoms with Crippen LogP contribution in [0.3, 0.4) is 0 Å². The lowest BCUT2D eigenvalue weighted by molar-refractivity contribution is 0.394. The zero-order valence-electron chi connectivity index (χ0n) is 10.7. The first-order chi connectivity index (χ1) is 9.81. The average molecular weight is 262 g/mol. The fourth-order valence-electron chi connectivity index (χ4n) is 2.25. The molecule has 5 heteroatoms. The molecule has 0 amide bonds. The minimum absolute atomic E-state index is 0.498. The zero-order valence-corrected chi connectivity index (χ0v) is 10.7. The van der Waals surface area contributed by atoms with E-state index in [4.69, 9.17) is 4.52 Å². The van der Waals surface area contributed by atoms with Gasteiger partial charge >= 0.3 is 0 Å². The van der Waals surface area contributed by atoms with Gasteiger partial charge in [-0.15, -0.1) is 0 Å². The number of aromatic nitrogens is 4. The standard InChI is InChI=1S/C15H10N4O/c1-9-17-15(19-20-9)12-7-6-11-5-4-10-3-2-8-16-13(10)14(11)18-12/h2-8H,1H3. The molecule has 0 N–H and O–H groups in total. The highest BCUT2D eigenvalue weighted by atomic mass is 16.5. The zero-order chi connectivity index (χ0) is 13.5. The lowest BCUT2D eigenvalue weighted by Crippen LogP contribution is -1.89. The van der Waals surface area contributed by atoms with Crippen molar-refractivity contribution in [3.05, 3.63) is 48.5 Å². The Kier molecular flexibility index (Phi) is 2.26. The molecule has 0 bridgehead atoms. The van der Waals surface area contributed by atoms with Crippen LogP contribution in [-0.4, -0.2) is 20.1 Å². The van der Waals surface area contributed by atoms with Gasteiger partial charge in [-0.2, -0.15) is 4.98 Å². The molecule has 0 unspecified atom stereocenters. The van der Waals surface area contributed by atoms with Crippen molar-refractivity contribution in [1.82, 2.24) is 20.1 Å². The van der Waals surface area contributed by atoms with Gasteiger partial charge in [-0.25, -0.2) is 4.98 Å². The largest absolute Gasteiger partial charge is 0.339 e. The summed E-state index contributed by atoms with van der Waals surface area (Å²) in [7, 11) is 0. The highest BCUT2D eigenvalue weighted by Gasteiger charge is 2.10. The van der Waals surface area contributed by atoms with Crippen LogP contribution in [0, 0.1) is 6.92 Å². The van der Waals surface area contributed by atoms with Crippen LogP contribution in [0.4, 0.5) is 0 Å². The third kappa shape index (κ3) is 1.64. The van der Waals surface area contributed by atoms with E-state index in [-0.39, 0.29) is 0 Å². The van der Waals surface area contributed by atoms with Gasteiger partial charge in [0.25, 0.3) is 0 Å². The molecule has 0 saturated carbocycles. The maximum atomic E-state index is 5.00. The first-order valence-electron chi connectivity index (χ1n) is 6.26. The van der Waals surface area contributed by atoms with E-state index in [1.54, 1.807) is 13.1 Å². The fourth-order valence-corrected chi connectivity index (χ4v) is 2.25. The number of hydrogen-bond acceptors (Lipinski definition) is 5. The van der Waals surface area contributed by atoms with Crippen molar-refractivity contribution in [2.45, 2.75) is 6.92 Å². The van der Waals surface area contributed by atoms with E-state index in [1.165, 1.54) is 0 Å². The lowest BCUT2D eigenvalue weighted by Gasteiger charge is -2.03. The maximum absolute atomic E-state index is 5.00. The molecule has 3 heterocycles. The summed E-state index contributed by atoms with van der Waals surface area (Å²) in [6.07, 6.45) is 1.77. The summed E-state index contributed by atoms with van der Waals surface area (Å²) in [6.45, 7) is 1.76. The molecule has 5 nitrogen and oxygen atoms in total. The van der Waals surface area contributed by atoms with Gasteiger partial charge in [0.05, 0.1) is 11.0 Å². The fraction of sp³-hybridized carbons (Fsp3) is 0.0667. The van der Waals surface area contributed by atoms with Crippen molar-refractivity contribution >= 4 is 21.8 Å². The summed E-state index contributed by atoms with van der Waals surface area (Å²) in [4.78, 5) is 13.3. The molecule has 0 aliphatic rings. The Hall–Kier alpha value is -2.82. The monoisotopic (exact) mass is 262 g/mol. The van der Waals surface area contributed by atoms with Gasteiger partial charge in [-0.3, -0.25) is 4.98 Å². The highest BCUT2D eigenvalue weighted by molar-refractivity contribution is 6.03. The van der Waals surface area contributed by atoms with Crippen LogP contribution < -0.4 is 0 Å². The Morgan fingerprint density at radius 3 is 2.50 bits per heavy atom. The number of benzene rings is 1. The Morgan fingerprint density at radius 1 is 0.900 bits per heavy atom. The molecule has 0 aliphatic carbocycles. The number of aryl methyl sites for hydroxylation is 1. The molecule has 3 aromatic heterocycles. The number of pyridine rings is 2. The van der Waals surface area contributed by atoms with Crippen LogP contribution >= 0.6 is 0 Å². The molecule has 4 rings (SSSR count). The number of hydrogen-bond donors (Lipinski definition) is 0. The van der Waals surface area contributed by atoms with Gasteiger partial charge in [-0.05, 0) is 12.1 Å². The van der Waals surface area contributed by atoms with E-state index in [0.29, 0.717) is 17.4 Å². The quantitative estimate of drug-likeness (QED) is 0.493. The summed E-state index contributed by atoms with van der Waals surface area (Å²) < 4.78 is 5.00. The molecular weight excluding hydrogens is 252 g/mol. The van der Waals surface area contributed by atoms with Gasteiger partial charge in [0.15, 0.2) is 0 Å². The third-order valence-electron chi connectivity index (χ3n) is 3.19. The molecule has 0 aliphatic heterocycles. The van der Waals surface area contributed by atoms with Crippen LogP contribution in [-0.2, 0) is 0 Å². The Labute approximate surface area is 114 Å². The van der Waals surface area contributed by atoms with Crippen molar-refractivity contribution < 1.29 is 4.52 Å². The van der Waals surface area contributed by atoms with Gasteiger partial charge in [0.2, 0.25) is 11.7 Å². The predicted octanol–water partition coefficient (Wildman–Crippen LogP) is 3.14. The number of rotatable bonds is 1. The molecule has 0 atom stereocenters. The molecule has 96 valence electrons. The summed E-state index contributed by atoms with van der Waals surface area (Å²) in [5.74, 6) is 1.02. The maximum Gasteiger partial charge on any atom is 0.223 e. The normalized spacial score (nSPS) is 11.2. The molecule has 4 aromatic rings. The van der Waals surface area contributed by atoms with Gasteiger partial charge in [0.1, 0.15) is 5.69 Å². The molecule has 20 heavy (non-hydrogen) atoms. The van der Waals surface area contributed by atoms with Crippen LogP contribution in [0.1, 0.15) is 5.89 Å². The van der Waals surface area contributed by atoms with Crippen LogP contribution in [0.2, 0.25) is 0 Å². The number of fused-ring (bicyclic) bond motifs is 3. The Morgan fingerprint density at radius 2 is 1.70 bits per heavy atom. The second kappa shape index (κ2) is 4.09. The van der Waals surface area contributed by atoms with Crippen molar-refractivity contribution in [3.8, 4) is 11.5 Å². The van der Waals surface area contributed by atoms with Crippen molar-refractivity contribution in [1.29, 1.82) is 0 Å². The number of nitrogens with zero attached hydrogens (tertiary/aromatic N) is 4. The van der Waals surface area contributed by atoms with Crippen molar-refractivity contribution in [2.24, 2.45) is 0 Å². The first-order valence-corrected chi connectivity index (χ1v) is 6.26. The summed E-state index contributed by atoms with van der Waals surface area (Å²) in [5.41, 5.74) is 2.42. The van der Waals surface area contributed by atoms with E-state index in [2.05, 4.69) is 20.1 Å². The second-order valence-corrected chi connectivity index (χ2v) is 4.55. The van der Waals surface area contributed by atoms with E-state index < -0.39 is 0 Å². The first kappa shape index (κ1) is 11.0. The second-order valence-electron chi connectivity index (χ2n) is 4.55. The molecule has 0 radical (unpaired) electrons. The Balaban J connectivity index is 2.04. The highest BCUT2D eigenvalue weighted by Crippen LogP contribution is 2.24. The van der Waals surface area contributed by atoms with Crippen molar-refractivity contribution in [3.63, 3.8) is 0 Å². The summed E-state index contributed by atoms with van der Waals surface area (Å²) >= 11 is 0. The average Bonchev–Trinajstić information content (AvgIpc) is 2.93. The van der Waals surface area contributed by atoms with E-state index in [9.17, 15) is 0 Å². The van der Waals surface area contributed by atoms with Crippen LogP contribution in [0.25, 0.3) is 33.3 Å². The predicted molar refractivity (Wildman–Crippen MR) is 75.1 cm³/mol. The van der Waals surface area contributed by atoms with Crippen LogP contribution in [0.15, 0.2) is 47.1 Å². The SMILES string of the molecule is Cc1nc(-c2ccc3ccc4cccnc4c3n2)no1. The molecule has 0 fully saturated rings. The van der Waals surface area contributed by atoms with Gasteiger partial charge < -0.3 is 4.52 Å². The van der Waals surface area contributed by atoms with Gasteiger partial charge in [-0.1, -0.05) is 29.4 Å². The molecule has 0 saturated heterocycles. The molecule has 1 aromatic carbocycles. The smallest absolute Gasteiger partial charge is 0.223 e. The minimum atomic E-state index is 0.498. The molecule has 0 spiro atoms. The summed E-state index contributed by atoms with van der Waals surface area (Å²) in [5, 5.41) is 6.01. The Bertz CT molecular complexity index is 929. The van der Waals surface area contributed by atoms with E-state index in [1.807, 2.05) is 36.4 Å².